The number of imidazole rings is 1. The Bertz CT molecular complexity index is 770. The Morgan fingerprint density at radius 1 is 1.25 bits per heavy atom. The van der Waals surface area contributed by atoms with Crippen molar-refractivity contribution < 1.29 is 4.74 Å². The number of para-hydroxylation sites is 2. The van der Waals surface area contributed by atoms with Crippen LogP contribution in [0.4, 0.5) is 0 Å². The second-order valence-corrected chi connectivity index (χ2v) is 5.43. The number of nitrogens with zero attached hydrogens (tertiary/aromatic N) is 2. The van der Waals surface area contributed by atoms with Crippen LogP contribution in [0.25, 0.3) is 16.7 Å². The van der Waals surface area contributed by atoms with E-state index in [0.29, 0.717) is 5.88 Å². The van der Waals surface area contributed by atoms with E-state index in [2.05, 4.69) is 25.5 Å². The molecule has 3 nitrogen and oxygen atoms in total. The van der Waals surface area contributed by atoms with Crippen LogP contribution in [0, 0.1) is 0 Å². The molecule has 0 unspecified atom stereocenters. The van der Waals surface area contributed by atoms with Crippen LogP contribution in [0.2, 0.25) is 0 Å². The molecule has 3 rings (SSSR count). The summed E-state index contributed by atoms with van der Waals surface area (Å²) in [6.45, 7) is 0. The molecule has 0 N–H and O–H groups in total. The number of benzene rings is 2. The first-order chi connectivity index (χ1) is 9.74. The van der Waals surface area contributed by atoms with Crippen molar-refractivity contribution in [1.82, 2.24) is 9.55 Å². The van der Waals surface area contributed by atoms with Crippen molar-refractivity contribution in [3.8, 4) is 11.4 Å². The molecule has 0 aliphatic carbocycles. The molecule has 0 bridgehead atoms. The van der Waals surface area contributed by atoms with Crippen molar-refractivity contribution in [2.75, 3.05) is 7.11 Å². The highest BCUT2D eigenvalue weighted by molar-refractivity contribution is 9.10. The maximum Gasteiger partial charge on any atom is 0.133 e. The summed E-state index contributed by atoms with van der Waals surface area (Å²) in [5.74, 6) is 1.98. The highest BCUT2D eigenvalue weighted by atomic mass is 79.9. The van der Waals surface area contributed by atoms with E-state index < -0.39 is 0 Å². The second kappa shape index (κ2) is 5.46. The first-order valence-electron chi connectivity index (χ1n) is 6.11. The lowest BCUT2D eigenvalue weighted by molar-refractivity contribution is 0.412. The lowest BCUT2D eigenvalue weighted by atomic mass is 10.2. The summed E-state index contributed by atoms with van der Waals surface area (Å²) in [6.07, 6.45) is 0. The van der Waals surface area contributed by atoms with Gasteiger partial charge in [-0.15, -0.1) is 11.6 Å². The minimum Gasteiger partial charge on any atom is -0.496 e. The molecule has 0 amide bonds. The Morgan fingerprint density at radius 2 is 2.05 bits per heavy atom. The highest BCUT2D eigenvalue weighted by Gasteiger charge is 2.12. The minimum absolute atomic E-state index is 0.359. The molecule has 20 heavy (non-hydrogen) atoms. The van der Waals surface area contributed by atoms with Gasteiger partial charge in [0.05, 0.1) is 28.5 Å². The molecular weight excluding hydrogens is 340 g/mol. The fourth-order valence-electron chi connectivity index (χ4n) is 2.25. The zero-order valence-corrected chi connectivity index (χ0v) is 13.1. The van der Waals surface area contributed by atoms with Gasteiger partial charge in [-0.25, -0.2) is 4.98 Å². The molecular formula is C15H12BrClN2O. The molecule has 1 aromatic heterocycles. The van der Waals surface area contributed by atoms with E-state index >= 15 is 0 Å². The summed E-state index contributed by atoms with van der Waals surface area (Å²) in [4.78, 5) is 4.56. The molecule has 0 aliphatic heterocycles. The smallest absolute Gasteiger partial charge is 0.133 e. The van der Waals surface area contributed by atoms with Gasteiger partial charge >= 0.3 is 0 Å². The third kappa shape index (κ3) is 2.19. The van der Waals surface area contributed by atoms with Gasteiger partial charge < -0.3 is 4.74 Å². The van der Waals surface area contributed by atoms with Crippen LogP contribution in [0.3, 0.4) is 0 Å². The minimum atomic E-state index is 0.359. The lowest BCUT2D eigenvalue weighted by Crippen LogP contribution is -1.99. The number of alkyl halides is 1. The number of methoxy groups -OCH3 is 1. The average Bonchev–Trinajstić information content (AvgIpc) is 2.85. The van der Waals surface area contributed by atoms with E-state index in [-0.39, 0.29) is 0 Å². The quantitative estimate of drug-likeness (QED) is 0.648. The van der Waals surface area contributed by atoms with Gasteiger partial charge in [0.15, 0.2) is 0 Å². The Kier molecular flexibility index (Phi) is 3.68. The predicted octanol–water partition coefficient (Wildman–Crippen LogP) is 4.54. The van der Waals surface area contributed by atoms with E-state index in [1.165, 1.54) is 0 Å². The number of fused-ring (bicyclic) bond motifs is 1. The number of aromatic nitrogens is 2. The van der Waals surface area contributed by atoms with E-state index in [1.54, 1.807) is 7.11 Å². The number of hydrogen-bond acceptors (Lipinski definition) is 2. The van der Waals surface area contributed by atoms with Crippen LogP contribution in [0.1, 0.15) is 5.82 Å². The van der Waals surface area contributed by atoms with Crippen molar-refractivity contribution in [3.05, 3.63) is 52.8 Å². The van der Waals surface area contributed by atoms with Crippen molar-refractivity contribution in [1.29, 1.82) is 0 Å². The molecule has 3 aromatic rings. The monoisotopic (exact) mass is 350 g/mol. The topological polar surface area (TPSA) is 27.1 Å². The number of rotatable bonds is 3. The molecule has 2 aromatic carbocycles. The predicted molar refractivity (Wildman–Crippen MR) is 84.9 cm³/mol. The van der Waals surface area contributed by atoms with Gasteiger partial charge in [0.1, 0.15) is 11.6 Å². The molecule has 0 aliphatic rings. The summed E-state index contributed by atoms with van der Waals surface area (Å²) in [5, 5.41) is 0. The van der Waals surface area contributed by atoms with Gasteiger partial charge in [0, 0.05) is 5.69 Å². The zero-order valence-electron chi connectivity index (χ0n) is 10.8. The van der Waals surface area contributed by atoms with Crippen LogP contribution in [-0.4, -0.2) is 16.7 Å². The molecule has 5 heteroatoms. The van der Waals surface area contributed by atoms with Crippen molar-refractivity contribution in [2.24, 2.45) is 0 Å². The standard InChI is InChI=1S/C15H12BrClN2O/c1-20-14-7-6-10(8-11(14)16)19-13-5-3-2-4-12(13)18-15(19)9-17/h2-8H,9H2,1H3. The van der Waals surface area contributed by atoms with Crippen LogP contribution < -0.4 is 4.74 Å². The number of hydrogen-bond donors (Lipinski definition) is 0. The molecule has 0 saturated heterocycles. The first kappa shape index (κ1) is 13.5. The van der Waals surface area contributed by atoms with Crippen molar-refractivity contribution >= 4 is 38.6 Å². The van der Waals surface area contributed by atoms with Gasteiger partial charge in [-0.1, -0.05) is 12.1 Å². The molecule has 1 heterocycles. The maximum absolute atomic E-state index is 6.03. The Morgan fingerprint density at radius 3 is 2.75 bits per heavy atom. The average molecular weight is 352 g/mol. The number of halogens is 2. The van der Waals surface area contributed by atoms with Crippen molar-refractivity contribution in [2.45, 2.75) is 5.88 Å². The molecule has 0 fully saturated rings. The summed E-state index contributed by atoms with van der Waals surface area (Å²) >= 11 is 9.54. The summed E-state index contributed by atoms with van der Waals surface area (Å²) in [6, 6.07) is 13.9. The maximum atomic E-state index is 6.03. The summed E-state index contributed by atoms with van der Waals surface area (Å²) in [7, 11) is 1.65. The fraction of sp³-hybridized carbons (Fsp3) is 0.133. The molecule has 0 radical (unpaired) electrons. The van der Waals surface area contributed by atoms with Crippen LogP contribution in [0.15, 0.2) is 46.9 Å². The Labute approximate surface area is 130 Å². The zero-order chi connectivity index (χ0) is 14.1. The van der Waals surface area contributed by atoms with Crippen LogP contribution >= 0.6 is 27.5 Å². The third-order valence-corrected chi connectivity index (χ3v) is 4.00. The fourth-order valence-corrected chi connectivity index (χ4v) is 2.96. The van der Waals surface area contributed by atoms with Gasteiger partial charge in [-0.05, 0) is 46.3 Å². The van der Waals surface area contributed by atoms with Crippen LogP contribution in [-0.2, 0) is 5.88 Å². The van der Waals surface area contributed by atoms with Crippen LogP contribution in [0.5, 0.6) is 5.75 Å². The lowest BCUT2D eigenvalue weighted by Gasteiger charge is -2.10. The highest BCUT2D eigenvalue weighted by Crippen LogP contribution is 2.30. The SMILES string of the molecule is COc1ccc(-n2c(CCl)nc3ccccc32)cc1Br. The van der Waals surface area contributed by atoms with E-state index in [1.807, 2.05) is 42.5 Å². The van der Waals surface area contributed by atoms with Gasteiger partial charge in [-0.2, -0.15) is 0 Å². The Hall–Kier alpha value is -1.52. The van der Waals surface area contributed by atoms with Gasteiger partial charge in [0.25, 0.3) is 0 Å². The molecule has 102 valence electrons. The third-order valence-electron chi connectivity index (χ3n) is 3.14. The Balaban J connectivity index is 2.25. The first-order valence-corrected chi connectivity index (χ1v) is 7.43. The summed E-state index contributed by atoms with van der Waals surface area (Å²) < 4.78 is 8.22. The second-order valence-electron chi connectivity index (χ2n) is 4.30. The molecule has 0 spiro atoms. The normalized spacial score (nSPS) is 10.9. The van der Waals surface area contributed by atoms with Crippen molar-refractivity contribution in [3.63, 3.8) is 0 Å². The summed E-state index contributed by atoms with van der Waals surface area (Å²) in [5.41, 5.74) is 2.98. The molecule has 0 saturated carbocycles. The van der Waals surface area contributed by atoms with E-state index in [0.717, 1.165) is 32.8 Å². The largest absolute Gasteiger partial charge is 0.496 e. The van der Waals surface area contributed by atoms with E-state index in [9.17, 15) is 0 Å². The van der Waals surface area contributed by atoms with Gasteiger partial charge in [-0.3, -0.25) is 4.57 Å². The number of ether oxygens (including phenoxy) is 1. The molecule has 0 atom stereocenters. The van der Waals surface area contributed by atoms with Gasteiger partial charge in [0.2, 0.25) is 0 Å². The van der Waals surface area contributed by atoms with E-state index in [4.69, 9.17) is 16.3 Å².